The minimum atomic E-state index is 0.0661. The van der Waals surface area contributed by atoms with E-state index in [1.165, 1.54) is 16.7 Å². The molecule has 1 nitrogen and oxygen atoms in total. The molecule has 0 saturated heterocycles. The first kappa shape index (κ1) is 13.8. The van der Waals surface area contributed by atoms with Gasteiger partial charge in [-0.2, -0.15) is 0 Å². The number of hydrogen-bond donors (Lipinski definition) is 1. The van der Waals surface area contributed by atoms with Crippen molar-refractivity contribution in [2.45, 2.75) is 38.6 Å². The fourth-order valence-corrected chi connectivity index (χ4v) is 2.22. The van der Waals surface area contributed by atoms with Gasteiger partial charge in [-0.3, -0.25) is 0 Å². The second kappa shape index (κ2) is 5.58. The average Bonchev–Trinajstić information content (AvgIpc) is 2.39. The lowest BCUT2D eigenvalue weighted by Crippen LogP contribution is -2.15. The van der Waals surface area contributed by atoms with Crippen molar-refractivity contribution in [3.8, 4) is 0 Å². The molecular weight excluding hydrogens is 230 g/mol. The van der Waals surface area contributed by atoms with Crippen LogP contribution in [0.15, 0.2) is 54.6 Å². The number of benzene rings is 2. The average molecular weight is 253 g/mol. The minimum absolute atomic E-state index is 0.0661. The zero-order valence-corrected chi connectivity index (χ0v) is 12.1. The Morgan fingerprint density at radius 1 is 0.895 bits per heavy atom. The molecular formula is C18H23N. The molecule has 0 amide bonds. The van der Waals surface area contributed by atoms with Crippen molar-refractivity contribution in [3.05, 3.63) is 71.3 Å². The molecule has 0 aromatic heterocycles. The van der Waals surface area contributed by atoms with Crippen LogP contribution in [0, 0.1) is 0 Å². The van der Waals surface area contributed by atoms with Gasteiger partial charge < -0.3 is 5.73 Å². The maximum absolute atomic E-state index is 6.29. The quantitative estimate of drug-likeness (QED) is 0.870. The monoisotopic (exact) mass is 253 g/mol. The van der Waals surface area contributed by atoms with E-state index in [0.717, 1.165) is 6.42 Å². The van der Waals surface area contributed by atoms with Gasteiger partial charge in [0, 0.05) is 6.04 Å². The van der Waals surface area contributed by atoms with Crippen LogP contribution in [0.4, 0.5) is 0 Å². The SMILES string of the molecule is CC(C)(C)c1ccc(C(N)Cc2ccccc2)cc1. The van der Waals surface area contributed by atoms with Crippen LogP contribution in [0.5, 0.6) is 0 Å². The second-order valence-corrected chi connectivity index (χ2v) is 6.17. The number of nitrogens with two attached hydrogens (primary N) is 1. The summed E-state index contributed by atoms with van der Waals surface area (Å²) in [6.07, 6.45) is 0.885. The van der Waals surface area contributed by atoms with Gasteiger partial charge in [0.15, 0.2) is 0 Å². The van der Waals surface area contributed by atoms with Gasteiger partial charge in [-0.1, -0.05) is 75.4 Å². The Hall–Kier alpha value is -1.60. The Bertz CT molecular complexity index is 506. The molecule has 1 unspecified atom stereocenters. The molecule has 2 aromatic carbocycles. The highest BCUT2D eigenvalue weighted by Gasteiger charge is 2.14. The number of rotatable bonds is 3. The topological polar surface area (TPSA) is 26.0 Å². The Morgan fingerprint density at radius 2 is 1.47 bits per heavy atom. The summed E-state index contributed by atoms with van der Waals surface area (Å²) in [4.78, 5) is 0. The summed E-state index contributed by atoms with van der Waals surface area (Å²) in [5, 5.41) is 0. The normalized spacial score (nSPS) is 13.3. The standard InChI is InChI=1S/C18H23N/c1-18(2,3)16-11-9-15(10-12-16)17(19)13-14-7-5-4-6-8-14/h4-12,17H,13,19H2,1-3H3. The van der Waals surface area contributed by atoms with Crippen molar-refractivity contribution in [3.63, 3.8) is 0 Å². The third kappa shape index (κ3) is 3.68. The van der Waals surface area contributed by atoms with Crippen LogP contribution in [0.2, 0.25) is 0 Å². The largest absolute Gasteiger partial charge is 0.324 e. The molecule has 0 fully saturated rings. The van der Waals surface area contributed by atoms with E-state index in [4.69, 9.17) is 5.73 Å². The molecule has 1 atom stereocenters. The van der Waals surface area contributed by atoms with Crippen LogP contribution in [0.3, 0.4) is 0 Å². The zero-order chi connectivity index (χ0) is 13.9. The maximum Gasteiger partial charge on any atom is 0.0335 e. The summed E-state index contributed by atoms with van der Waals surface area (Å²) in [6.45, 7) is 6.68. The molecule has 0 radical (unpaired) electrons. The molecule has 2 N–H and O–H groups in total. The minimum Gasteiger partial charge on any atom is -0.324 e. The van der Waals surface area contributed by atoms with Gasteiger partial charge in [-0.15, -0.1) is 0 Å². The van der Waals surface area contributed by atoms with Gasteiger partial charge in [-0.25, -0.2) is 0 Å². The molecule has 0 saturated carbocycles. The lowest BCUT2D eigenvalue weighted by Gasteiger charge is -2.20. The van der Waals surface area contributed by atoms with Gasteiger partial charge >= 0.3 is 0 Å². The van der Waals surface area contributed by atoms with Crippen molar-refractivity contribution >= 4 is 0 Å². The van der Waals surface area contributed by atoms with Gasteiger partial charge in [-0.05, 0) is 28.5 Å². The van der Waals surface area contributed by atoms with Crippen molar-refractivity contribution in [1.29, 1.82) is 0 Å². The summed E-state index contributed by atoms with van der Waals surface area (Å²) in [5.41, 5.74) is 10.3. The van der Waals surface area contributed by atoms with Gasteiger partial charge in [0.05, 0.1) is 0 Å². The summed E-state index contributed by atoms with van der Waals surface area (Å²) in [5.74, 6) is 0. The van der Waals surface area contributed by atoms with Crippen LogP contribution in [0.1, 0.15) is 43.5 Å². The molecule has 0 heterocycles. The van der Waals surface area contributed by atoms with E-state index in [9.17, 15) is 0 Å². The Labute approximate surface area is 116 Å². The highest BCUT2D eigenvalue weighted by atomic mass is 14.6. The predicted molar refractivity (Wildman–Crippen MR) is 82.2 cm³/mol. The van der Waals surface area contributed by atoms with Crippen molar-refractivity contribution in [2.75, 3.05) is 0 Å². The van der Waals surface area contributed by atoms with E-state index in [0.29, 0.717) is 0 Å². The highest BCUT2D eigenvalue weighted by molar-refractivity contribution is 5.30. The molecule has 2 rings (SSSR count). The fourth-order valence-electron chi connectivity index (χ4n) is 2.22. The molecule has 0 aliphatic heterocycles. The second-order valence-electron chi connectivity index (χ2n) is 6.17. The molecule has 0 aliphatic rings. The summed E-state index contributed by atoms with van der Waals surface area (Å²) >= 11 is 0. The summed E-state index contributed by atoms with van der Waals surface area (Å²) < 4.78 is 0. The first-order chi connectivity index (χ1) is 8.97. The van der Waals surface area contributed by atoms with Crippen molar-refractivity contribution < 1.29 is 0 Å². The molecule has 0 spiro atoms. The zero-order valence-electron chi connectivity index (χ0n) is 12.1. The Balaban J connectivity index is 2.10. The van der Waals surface area contributed by atoms with Crippen molar-refractivity contribution in [1.82, 2.24) is 0 Å². The molecule has 2 aromatic rings. The molecule has 0 bridgehead atoms. The smallest absolute Gasteiger partial charge is 0.0335 e. The molecule has 1 heteroatoms. The maximum atomic E-state index is 6.29. The van der Waals surface area contributed by atoms with Crippen LogP contribution in [-0.2, 0) is 11.8 Å². The van der Waals surface area contributed by atoms with E-state index < -0.39 is 0 Å². The van der Waals surface area contributed by atoms with E-state index in [-0.39, 0.29) is 11.5 Å². The van der Waals surface area contributed by atoms with Gasteiger partial charge in [0.2, 0.25) is 0 Å². The van der Waals surface area contributed by atoms with E-state index in [2.05, 4.69) is 69.3 Å². The van der Waals surface area contributed by atoms with E-state index in [1.807, 2.05) is 6.07 Å². The van der Waals surface area contributed by atoms with Crippen LogP contribution < -0.4 is 5.73 Å². The fraction of sp³-hybridized carbons (Fsp3) is 0.333. The third-order valence-electron chi connectivity index (χ3n) is 3.50. The summed E-state index contributed by atoms with van der Waals surface area (Å²) in [7, 11) is 0. The van der Waals surface area contributed by atoms with Crippen LogP contribution >= 0.6 is 0 Å². The van der Waals surface area contributed by atoms with Crippen molar-refractivity contribution in [2.24, 2.45) is 5.73 Å². The Kier molecular flexibility index (Phi) is 4.06. The molecule has 19 heavy (non-hydrogen) atoms. The van der Waals surface area contributed by atoms with Gasteiger partial charge in [0.1, 0.15) is 0 Å². The third-order valence-corrected chi connectivity index (χ3v) is 3.50. The van der Waals surface area contributed by atoms with E-state index >= 15 is 0 Å². The first-order valence-electron chi connectivity index (χ1n) is 6.87. The summed E-state index contributed by atoms with van der Waals surface area (Å²) in [6, 6.07) is 19.2. The van der Waals surface area contributed by atoms with Gasteiger partial charge in [0.25, 0.3) is 0 Å². The number of hydrogen-bond acceptors (Lipinski definition) is 1. The van der Waals surface area contributed by atoms with Crippen LogP contribution in [-0.4, -0.2) is 0 Å². The molecule has 100 valence electrons. The highest BCUT2D eigenvalue weighted by Crippen LogP contribution is 2.24. The predicted octanol–water partition coefficient (Wildman–Crippen LogP) is 4.23. The molecule has 0 aliphatic carbocycles. The lowest BCUT2D eigenvalue weighted by atomic mass is 9.86. The first-order valence-corrected chi connectivity index (χ1v) is 6.87. The van der Waals surface area contributed by atoms with Crippen LogP contribution in [0.25, 0.3) is 0 Å². The Morgan fingerprint density at radius 3 is 2.00 bits per heavy atom. The van der Waals surface area contributed by atoms with E-state index in [1.54, 1.807) is 0 Å². The lowest BCUT2D eigenvalue weighted by molar-refractivity contribution is 0.589.